The van der Waals surface area contributed by atoms with Crippen molar-refractivity contribution in [1.82, 2.24) is 0 Å². The molecule has 0 saturated carbocycles. The van der Waals surface area contributed by atoms with Crippen molar-refractivity contribution in [2.75, 3.05) is 0 Å². The van der Waals surface area contributed by atoms with Crippen LogP contribution >= 0.6 is 15.9 Å². The summed E-state index contributed by atoms with van der Waals surface area (Å²) in [5, 5.41) is 0. The molecule has 0 radical (unpaired) electrons. The number of rotatable bonds is 4. The van der Waals surface area contributed by atoms with Crippen molar-refractivity contribution < 1.29 is 0 Å². The summed E-state index contributed by atoms with van der Waals surface area (Å²) >= 11 is 3.67. The average Bonchev–Trinajstić information content (AvgIpc) is 2.11. The Morgan fingerprint density at radius 2 is 1.60 bits per heavy atom. The van der Waals surface area contributed by atoms with Gasteiger partial charge in [-0.15, -0.1) is 5.54 Å². The van der Waals surface area contributed by atoms with Crippen LogP contribution in [0, 0.1) is 11.5 Å². The van der Waals surface area contributed by atoms with Gasteiger partial charge in [-0.1, -0.05) is 68.2 Å². The second-order valence-corrected chi connectivity index (χ2v) is 10.6. The molecular formula is C13H23BrSi. The Morgan fingerprint density at radius 3 is 2.00 bits per heavy atom. The molecule has 0 aliphatic rings. The third-order valence-electron chi connectivity index (χ3n) is 1.89. The van der Waals surface area contributed by atoms with E-state index in [0.717, 1.165) is 12.8 Å². The van der Waals surface area contributed by atoms with Crippen LogP contribution in [-0.2, 0) is 0 Å². The first-order chi connectivity index (χ1) is 6.90. The molecule has 0 aromatic carbocycles. The third kappa shape index (κ3) is 7.87. The lowest BCUT2D eigenvalue weighted by Crippen LogP contribution is -2.16. The highest BCUT2D eigenvalue weighted by molar-refractivity contribution is 9.11. The van der Waals surface area contributed by atoms with Gasteiger partial charge in [0.25, 0.3) is 0 Å². The van der Waals surface area contributed by atoms with Gasteiger partial charge < -0.3 is 0 Å². The largest absolute Gasteiger partial charge is 0.129 e. The number of hydrogen-bond donors (Lipinski definition) is 0. The zero-order valence-electron chi connectivity index (χ0n) is 10.7. The summed E-state index contributed by atoms with van der Waals surface area (Å²) in [5.41, 5.74) is 4.77. The Kier molecular flexibility index (Phi) is 7.30. The summed E-state index contributed by atoms with van der Waals surface area (Å²) in [6.07, 6.45) is 4.59. The highest BCUT2D eigenvalue weighted by atomic mass is 79.9. The highest BCUT2D eigenvalue weighted by Gasteiger charge is 2.08. The van der Waals surface area contributed by atoms with E-state index in [2.05, 4.69) is 60.9 Å². The molecule has 0 aromatic rings. The van der Waals surface area contributed by atoms with E-state index < -0.39 is 8.07 Å². The Labute approximate surface area is 105 Å². The van der Waals surface area contributed by atoms with Gasteiger partial charge in [-0.05, 0) is 12.8 Å². The van der Waals surface area contributed by atoms with Crippen molar-refractivity contribution in [3.05, 3.63) is 10.1 Å². The zero-order valence-corrected chi connectivity index (χ0v) is 13.3. The molecule has 0 saturated heterocycles. The first kappa shape index (κ1) is 15.0. The van der Waals surface area contributed by atoms with E-state index in [1.807, 2.05) is 0 Å². The Hall–Kier alpha value is -0.00312. The van der Waals surface area contributed by atoms with E-state index in [1.54, 1.807) is 0 Å². The summed E-state index contributed by atoms with van der Waals surface area (Å²) in [4.78, 5) is 0. The smallest absolute Gasteiger partial charge is 0.127 e. The molecule has 0 spiro atoms. The first-order valence-electron chi connectivity index (χ1n) is 5.81. The van der Waals surface area contributed by atoms with Gasteiger partial charge in [0, 0.05) is 10.1 Å². The van der Waals surface area contributed by atoms with Crippen LogP contribution in [0.15, 0.2) is 10.1 Å². The molecule has 0 fully saturated rings. The molecule has 0 unspecified atom stereocenters. The van der Waals surface area contributed by atoms with E-state index in [0.29, 0.717) is 0 Å². The van der Waals surface area contributed by atoms with E-state index >= 15 is 0 Å². The Balaban J connectivity index is 4.79. The van der Waals surface area contributed by atoms with Gasteiger partial charge in [0.2, 0.25) is 0 Å². The number of allylic oxidation sites excluding steroid dienone is 2. The molecule has 0 aliphatic heterocycles. The predicted molar refractivity (Wildman–Crippen MR) is 76.9 cm³/mol. The molecule has 2 heteroatoms. The van der Waals surface area contributed by atoms with Crippen molar-refractivity contribution in [3.63, 3.8) is 0 Å². The van der Waals surface area contributed by atoms with Crippen molar-refractivity contribution >= 4 is 24.0 Å². The quantitative estimate of drug-likeness (QED) is 0.497. The van der Waals surface area contributed by atoms with Crippen molar-refractivity contribution in [3.8, 4) is 11.5 Å². The molecule has 0 rings (SSSR count). The third-order valence-corrected chi connectivity index (χ3v) is 3.64. The molecule has 0 N–H and O–H groups in total. The van der Waals surface area contributed by atoms with E-state index in [9.17, 15) is 0 Å². The van der Waals surface area contributed by atoms with Gasteiger partial charge in [-0.2, -0.15) is 0 Å². The zero-order chi connectivity index (χ0) is 11.9. The lowest BCUT2D eigenvalue weighted by molar-refractivity contribution is 0.893. The Bertz CT molecular complexity index is 273. The fourth-order valence-corrected chi connectivity index (χ4v) is 2.37. The summed E-state index contributed by atoms with van der Waals surface area (Å²) < 4.78 is 1.32. The lowest BCUT2D eigenvalue weighted by atomic mass is 10.1. The predicted octanol–water partition coefficient (Wildman–Crippen LogP) is 5.12. The fourth-order valence-electron chi connectivity index (χ4n) is 1.15. The summed E-state index contributed by atoms with van der Waals surface area (Å²) in [6.45, 7) is 11.3. The van der Waals surface area contributed by atoms with Crippen LogP contribution in [-0.4, -0.2) is 8.07 Å². The number of halogens is 1. The first-order valence-corrected chi connectivity index (χ1v) is 10.1. The van der Waals surface area contributed by atoms with E-state index in [1.165, 1.54) is 22.9 Å². The molecular weight excluding hydrogens is 264 g/mol. The molecule has 0 bridgehead atoms. The minimum atomic E-state index is -1.23. The van der Waals surface area contributed by atoms with Gasteiger partial charge in [-0.25, -0.2) is 0 Å². The summed E-state index contributed by atoms with van der Waals surface area (Å²) in [7, 11) is -1.23. The lowest BCUT2D eigenvalue weighted by Gasteiger charge is -2.06. The maximum Gasteiger partial charge on any atom is 0.129 e. The minimum absolute atomic E-state index is 1.11. The van der Waals surface area contributed by atoms with Crippen molar-refractivity contribution in [2.45, 2.75) is 59.2 Å². The molecule has 86 valence electrons. The number of hydrogen-bond acceptors (Lipinski definition) is 0. The van der Waals surface area contributed by atoms with Gasteiger partial charge >= 0.3 is 0 Å². The summed E-state index contributed by atoms with van der Waals surface area (Å²) in [5.74, 6) is 3.39. The van der Waals surface area contributed by atoms with Gasteiger partial charge in [0.05, 0.1) is 0 Å². The summed E-state index contributed by atoms with van der Waals surface area (Å²) in [6, 6.07) is 0. The monoisotopic (exact) mass is 286 g/mol. The van der Waals surface area contributed by atoms with Crippen molar-refractivity contribution in [2.24, 2.45) is 0 Å². The van der Waals surface area contributed by atoms with E-state index in [4.69, 9.17) is 0 Å². The van der Waals surface area contributed by atoms with Crippen LogP contribution in [0.2, 0.25) is 19.6 Å². The van der Waals surface area contributed by atoms with Crippen LogP contribution in [0.25, 0.3) is 0 Å². The van der Waals surface area contributed by atoms with Crippen molar-refractivity contribution in [1.29, 1.82) is 0 Å². The van der Waals surface area contributed by atoms with Gasteiger partial charge in [-0.3, -0.25) is 0 Å². The van der Waals surface area contributed by atoms with Crippen LogP contribution in [0.5, 0.6) is 0 Å². The van der Waals surface area contributed by atoms with Crippen LogP contribution in [0.4, 0.5) is 0 Å². The van der Waals surface area contributed by atoms with Crippen LogP contribution in [0.3, 0.4) is 0 Å². The molecule has 0 atom stereocenters. The molecule has 0 aliphatic carbocycles. The fraction of sp³-hybridized carbons (Fsp3) is 0.692. The minimum Gasteiger partial charge on any atom is -0.127 e. The van der Waals surface area contributed by atoms with Gasteiger partial charge in [0.1, 0.15) is 8.07 Å². The molecule has 0 nitrogen and oxygen atoms in total. The van der Waals surface area contributed by atoms with Crippen LogP contribution < -0.4 is 0 Å². The normalized spacial score (nSPS) is 12.9. The second-order valence-electron chi connectivity index (χ2n) is 4.88. The topological polar surface area (TPSA) is 0 Å². The molecule has 0 heterocycles. The maximum atomic E-state index is 3.67. The standard InChI is InChI=1S/C13H23BrSi/c1-6-8-12(13(14)9-7-2)10-11-15(3,4)5/h6-9H2,1-5H3/b13-12-. The van der Waals surface area contributed by atoms with Gasteiger partial charge in [0.15, 0.2) is 0 Å². The maximum absolute atomic E-state index is 3.67. The Morgan fingerprint density at radius 1 is 1.07 bits per heavy atom. The van der Waals surface area contributed by atoms with E-state index in [-0.39, 0.29) is 0 Å². The molecule has 0 amide bonds. The highest BCUT2D eigenvalue weighted by Crippen LogP contribution is 2.21. The van der Waals surface area contributed by atoms with Crippen LogP contribution in [0.1, 0.15) is 39.5 Å². The SMILES string of the molecule is CCC/C(Br)=C(/C#C[Si](C)(C)C)CCC. The molecule has 0 aromatic heterocycles. The average molecular weight is 287 g/mol. The second kappa shape index (κ2) is 7.30. The molecule has 15 heavy (non-hydrogen) atoms.